The summed E-state index contributed by atoms with van der Waals surface area (Å²) in [5.41, 5.74) is 0. The Morgan fingerprint density at radius 1 is 0.909 bits per heavy atom. The molecule has 0 aliphatic carbocycles. The first-order valence-corrected chi connectivity index (χ1v) is 11.6. The third-order valence-corrected chi connectivity index (χ3v) is 11.1. The van der Waals surface area contributed by atoms with Crippen LogP contribution >= 0.6 is 44.3 Å². The van der Waals surface area contributed by atoms with E-state index >= 15 is 0 Å². The average molecular weight is 272 g/mol. The van der Waals surface area contributed by atoms with Crippen LogP contribution in [0.5, 0.6) is 0 Å². The Kier molecular flexibility index (Phi) is 5.36. The maximum Gasteiger partial charge on any atom is 0.380 e. The molecule has 0 aliphatic rings. The van der Waals surface area contributed by atoms with Gasteiger partial charge < -0.3 is 4.12 Å². The van der Waals surface area contributed by atoms with Gasteiger partial charge in [0.25, 0.3) is 0 Å². The zero-order valence-corrected chi connectivity index (χ0v) is 11.4. The zero-order chi connectivity index (χ0) is 9.12. The lowest BCUT2D eigenvalue weighted by Crippen LogP contribution is -2.36. The van der Waals surface area contributed by atoms with E-state index in [1.807, 2.05) is 13.8 Å². The van der Waals surface area contributed by atoms with Crippen LogP contribution in [0.2, 0.25) is 12.1 Å². The lowest BCUT2D eigenvalue weighted by molar-refractivity contribution is 0.602. The number of halogens is 4. The molecule has 0 saturated heterocycles. The summed E-state index contributed by atoms with van der Waals surface area (Å²) >= 11 is 23.3. The molecule has 0 fully saturated rings. The summed E-state index contributed by atoms with van der Waals surface area (Å²) < 4.78 is 5.26. The van der Waals surface area contributed by atoms with Gasteiger partial charge in [0.1, 0.15) is 0 Å². The van der Waals surface area contributed by atoms with Gasteiger partial charge in [0.15, 0.2) is 0 Å². The quantitative estimate of drug-likeness (QED) is 0.557. The van der Waals surface area contributed by atoms with Crippen molar-refractivity contribution in [3.05, 3.63) is 0 Å². The molecule has 0 aromatic heterocycles. The van der Waals surface area contributed by atoms with Crippen LogP contribution in [-0.4, -0.2) is 13.9 Å². The summed E-state index contributed by atoms with van der Waals surface area (Å²) in [6.45, 7) is -1.46. The molecule has 0 unspecified atom stereocenters. The van der Waals surface area contributed by atoms with Crippen LogP contribution in [0.3, 0.4) is 0 Å². The summed E-state index contributed by atoms with van der Waals surface area (Å²) in [6.07, 6.45) is 0. The van der Waals surface area contributed by atoms with Crippen molar-refractivity contribution in [2.75, 3.05) is 0 Å². The van der Waals surface area contributed by atoms with Crippen molar-refractivity contribution in [3.8, 4) is 0 Å². The number of rotatable bonds is 4. The van der Waals surface area contributed by atoms with Crippen LogP contribution in [-0.2, 0) is 4.12 Å². The van der Waals surface area contributed by atoms with Crippen LogP contribution in [0.1, 0.15) is 13.8 Å². The summed E-state index contributed by atoms with van der Waals surface area (Å²) in [5.74, 6) is 0. The van der Waals surface area contributed by atoms with Crippen molar-refractivity contribution in [3.63, 3.8) is 0 Å². The Labute approximate surface area is 88.0 Å². The molecule has 0 aromatic carbocycles. The van der Waals surface area contributed by atoms with Crippen molar-refractivity contribution in [1.29, 1.82) is 0 Å². The summed E-state index contributed by atoms with van der Waals surface area (Å²) in [4.78, 5) is 0. The van der Waals surface area contributed by atoms with Gasteiger partial charge in [-0.05, 0) is 12.1 Å². The standard InChI is InChI=1S/C4H10Cl4OSi2/c1-3-10(5,6)9-11(7,8)4-2/h3-4H2,1-2H3. The SMILES string of the molecule is CC[Si](Cl)(Cl)O[Si](Cl)(Cl)CC. The molecule has 0 rings (SSSR count). The van der Waals surface area contributed by atoms with Gasteiger partial charge in [-0.3, -0.25) is 0 Å². The van der Waals surface area contributed by atoms with Gasteiger partial charge in [0, 0.05) is 0 Å². The summed E-state index contributed by atoms with van der Waals surface area (Å²) in [5, 5.41) is 0. The van der Waals surface area contributed by atoms with Crippen LogP contribution in [0, 0.1) is 0 Å². The Morgan fingerprint density at radius 3 is 1.36 bits per heavy atom. The molecule has 0 N–H and O–H groups in total. The summed E-state index contributed by atoms with van der Waals surface area (Å²) in [6, 6.07) is 1.20. The maximum atomic E-state index is 5.83. The topological polar surface area (TPSA) is 9.23 Å². The smallest absolute Gasteiger partial charge is 0.380 e. The average Bonchev–Trinajstić information content (AvgIpc) is 1.86. The van der Waals surface area contributed by atoms with E-state index in [2.05, 4.69) is 0 Å². The molecule has 0 bridgehead atoms. The fourth-order valence-corrected chi connectivity index (χ4v) is 9.43. The Balaban J connectivity index is 4.02. The molecule has 1 nitrogen and oxygen atoms in total. The molecule has 0 atom stereocenters. The van der Waals surface area contributed by atoms with Gasteiger partial charge in [-0.1, -0.05) is 13.8 Å². The van der Waals surface area contributed by atoms with E-state index in [9.17, 15) is 0 Å². The normalized spacial score (nSPS) is 13.6. The second kappa shape index (κ2) is 4.70. The minimum atomic E-state index is -2.59. The van der Waals surface area contributed by atoms with Gasteiger partial charge in [0.2, 0.25) is 0 Å². The predicted molar refractivity (Wildman–Crippen MR) is 57.0 cm³/mol. The van der Waals surface area contributed by atoms with E-state index in [0.29, 0.717) is 12.1 Å². The predicted octanol–water partition coefficient (Wildman–Crippen LogP) is 3.88. The van der Waals surface area contributed by atoms with E-state index < -0.39 is 13.9 Å². The minimum absolute atomic E-state index is 0.601. The van der Waals surface area contributed by atoms with E-state index in [-0.39, 0.29) is 0 Å². The highest BCUT2D eigenvalue weighted by atomic mass is 35.7. The number of hydrogen-bond donors (Lipinski definition) is 0. The van der Waals surface area contributed by atoms with E-state index in [4.69, 9.17) is 48.4 Å². The van der Waals surface area contributed by atoms with E-state index in [1.165, 1.54) is 0 Å². The largest absolute Gasteiger partial charge is 0.410 e. The lowest BCUT2D eigenvalue weighted by atomic mass is 11.0. The maximum absolute atomic E-state index is 5.83. The molecular formula is C4H10Cl4OSi2. The van der Waals surface area contributed by atoms with Gasteiger partial charge in [-0.15, -0.1) is 44.3 Å². The monoisotopic (exact) mass is 270 g/mol. The first-order valence-electron chi connectivity index (χ1n) is 3.29. The fourth-order valence-electron chi connectivity index (χ4n) is 0.363. The molecule has 0 saturated carbocycles. The molecule has 0 aromatic rings. The Bertz CT molecular complexity index is 115. The van der Waals surface area contributed by atoms with Crippen molar-refractivity contribution >= 4 is 58.2 Å². The van der Waals surface area contributed by atoms with Crippen molar-refractivity contribution in [2.24, 2.45) is 0 Å². The second-order valence-corrected chi connectivity index (χ2v) is 15.4. The van der Waals surface area contributed by atoms with E-state index in [0.717, 1.165) is 0 Å². The van der Waals surface area contributed by atoms with Crippen LogP contribution in [0.25, 0.3) is 0 Å². The first kappa shape index (κ1) is 12.6. The third kappa shape index (κ3) is 5.74. The molecule has 7 heteroatoms. The van der Waals surface area contributed by atoms with Crippen LogP contribution in [0.4, 0.5) is 0 Å². The molecule has 0 aliphatic heterocycles. The summed E-state index contributed by atoms with van der Waals surface area (Å²) in [7, 11) is 0. The molecular weight excluding hydrogens is 262 g/mol. The van der Waals surface area contributed by atoms with Gasteiger partial charge >= 0.3 is 13.9 Å². The van der Waals surface area contributed by atoms with Gasteiger partial charge in [-0.25, -0.2) is 0 Å². The highest BCUT2D eigenvalue weighted by molar-refractivity contribution is 7.50. The van der Waals surface area contributed by atoms with Crippen molar-refractivity contribution in [2.45, 2.75) is 25.9 Å². The third-order valence-electron chi connectivity index (χ3n) is 1.12. The van der Waals surface area contributed by atoms with Gasteiger partial charge in [0.05, 0.1) is 0 Å². The molecule has 0 radical (unpaired) electrons. The molecule has 68 valence electrons. The first-order chi connectivity index (χ1) is 4.83. The molecule has 0 spiro atoms. The lowest BCUT2D eigenvalue weighted by Gasteiger charge is -2.23. The molecule has 0 amide bonds. The second-order valence-electron chi connectivity index (χ2n) is 2.08. The molecule has 11 heavy (non-hydrogen) atoms. The fraction of sp³-hybridized carbons (Fsp3) is 1.00. The Hall–Kier alpha value is 1.55. The van der Waals surface area contributed by atoms with Crippen molar-refractivity contribution < 1.29 is 4.12 Å². The number of hydrogen-bond acceptors (Lipinski definition) is 1. The Morgan fingerprint density at radius 2 is 1.18 bits per heavy atom. The molecule has 0 heterocycles. The van der Waals surface area contributed by atoms with Crippen molar-refractivity contribution in [1.82, 2.24) is 0 Å². The van der Waals surface area contributed by atoms with Crippen LogP contribution < -0.4 is 0 Å². The highest BCUT2D eigenvalue weighted by Crippen LogP contribution is 2.32. The van der Waals surface area contributed by atoms with Gasteiger partial charge in [-0.2, -0.15) is 0 Å². The minimum Gasteiger partial charge on any atom is -0.410 e. The van der Waals surface area contributed by atoms with Crippen LogP contribution in [0.15, 0.2) is 0 Å². The zero-order valence-electron chi connectivity index (χ0n) is 6.33. The van der Waals surface area contributed by atoms with E-state index in [1.54, 1.807) is 0 Å². The highest BCUT2D eigenvalue weighted by Gasteiger charge is 2.40.